The molecule has 2 atom stereocenters. The summed E-state index contributed by atoms with van der Waals surface area (Å²) in [5.74, 6) is -5.71. The van der Waals surface area contributed by atoms with E-state index in [4.69, 9.17) is 11.6 Å². The number of alkyl halides is 3. The zero-order chi connectivity index (χ0) is 25.7. The topological polar surface area (TPSA) is 108 Å². The van der Waals surface area contributed by atoms with Crippen molar-refractivity contribution in [3.8, 4) is 0 Å². The van der Waals surface area contributed by atoms with Crippen LogP contribution in [0.1, 0.15) is 50.9 Å². The molecular weight excluding hydrogens is 503 g/mol. The number of piperidine rings is 1. The van der Waals surface area contributed by atoms with E-state index < -0.39 is 76.3 Å². The van der Waals surface area contributed by atoms with Gasteiger partial charge in [0.05, 0.1) is 29.0 Å². The van der Waals surface area contributed by atoms with Gasteiger partial charge >= 0.3 is 6.18 Å². The maximum atomic E-state index is 15.2. The Bertz CT molecular complexity index is 1270. The van der Waals surface area contributed by atoms with E-state index >= 15 is 4.39 Å². The predicted octanol–water partition coefficient (Wildman–Crippen LogP) is 2.81. The molecule has 184 valence electrons. The molecule has 0 spiro atoms. The summed E-state index contributed by atoms with van der Waals surface area (Å²) in [6.07, 6.45) is -4.66. The molecule has 2 unspecified atom stereocenters. The van der Waals surface area contributed by atoms with Gasteiger partial charge in [0.1, 0.15) is 17.7 Å². The van der Waals surface area contributed by atoms with Crippen molar-refractivity contribution < 1.29 is 41.1 Å². The Kier molecular flexibility index (Phi) is 6.21. The number of hydrogen-bond acceptors (Lipinski definition) is 5. The van der Waals surface area contributed by atoms with Gasteiger partial charge in [0.25, 0.3) is 11.8 Å². The third-order valence-corrected chi connectivity index (χ3v) is 5.91. The van der Waals surface area contributed by atoms with E-state index in [1.54, 1.807) is 5.32 Å². The lowest BCUT2D eigenvalue weighted by atomic mass is 10.0. The molecule has 0 aliphatic carbocycles. The third-order valence-electron chi connectivity index (χ3n) is 5.61. The Morgan fingerprint density at radius 1 is 1.23 bits per heavy atom. The highest BCUT2D eigenvalue weighted by Gasteiger charge is 2.45. The van der Waals surface area contributed by atoms with Crippen LogP contribution in [0, 0.1) is 11.6 Å². The molecule has 2 aliphatic heterocycles. The average Bonchev–Trinajstić information content (AvgIpc) is 3.09. The first-order valence-electron chi connectivity index (χ1n) is 10.0. The van der Waals surface area contributed by atoms with Crippen molar-refractivity contribution >= 4 is 35.2 Å². The van der Waals surface area contributed by atoms with Crippen molar-refractivity contribution in [2.45, 2.75) is 37.6 Å². The van der Waals surface area contributed by atoms with Crippen LogP contribution in [-0.4, -0.2) is 45.7 Å². The van der Waals surface area contributed by atoms with Crippen molar-refractivity contribution in [1.82, 2.24) is 20.5 Å². The van der Waals surface area contributed by atoms with Crippen LogP contribution < -0.4 is 10.6 Å². The smallest absolute Gasteiger partial charge is 0.335 e. The molecule has 4 amide bonds. The molecule has 1 fully saturated rings. The van der Waals surface area contributed by atoms with Crippen molar-refractivity contribution in [2.24, 2.45) is 0 Å². The molecule has 2 aliphatic rings. The predicted molar refractivity (Wildman–Crippen MR) is 108 cm³/mol. The maximum Gasteiger partial charge on any atom is 0.414 e. The summed E-state index contributed by atoms with van der Waals surface area (Å²) >= 11 is 5.67. The number of benzene rings is 1. The van der Waals surface area contributed by atoms with Crippen LogP contribution in [-0.2, 0) is 16.1 Å². The number of imide groups is 1. The molecule has 1 saturated heterocycles. The van der Waals surface area contributed by atoms with E-state index in [0.717, 1.165) is 17.0 Å². The standard InChI is InChI=1S/C21H14ClF5N4O4/c22-12-5-8(23)6-28-16(12)17(21(25,26)27)30-18(33)10-2-1-9-11(15(10)24)7-31(20(9)35)13-3-4-14(32)29-19(13)34/h1-2,5-6,13,17H,3-4,7H2,(H,30,33)(H,29,32,34). The summed E-state index contributed by atoms with van der Waals surface area (Å²) in [7, 11) is 0. The van der Waals surface area contributed by atoms with Crippen LogP contribution in [0.25, 0.3) is 0 Å². The fourth-order valence-corrected chi connectivity index (χ4v) is 4.19. The molecule has 0 bridgehead atoms. The van der Waals surface area contributed by atoms with Crippen molar-refractivity contribution in [3.05, 3.63) is 63.4 Å². The van der Waals surface area contributed by atoms with Crippen LogP contribution in [0.15, 0.2) is 24.4 Å². The largest absolute Gasteiger partial charge is 0.414 e. The number of pyridine rings is 1. The fraction of sp³-hybridized carbons (Fsp3) is 0.286. The molecule has 2 N–H and O–H groups in total. The van der Waals surface area contributed by atoms with E-state index in [2.05, 4.69) is 10.3 Å². The van der Waals surface area contributed by atoms with Gasteiger partial charge in [-0.25, -0.2) is 8.78 Å². The van der Waals surface area contributed by atoms with E-state index in [9.17, 15) is 36.7 Å². The van der Waals surface area contributed by atoms with Crippen LogP contribution in [0.2, 0.25) is 5.02 Å². The number of nitrogens with one attached hydrogen (secondary N) is 2. The highest BCUT2D eigenvalue weighted by Crippen LogP contribution is 2.36. The third kappa shape index (κ3) is 4.55. The van der Waals surface area contributed by atoms with Gasteiger partial charge in [-0.1, -0.05) is 11.6 Å². The van der Waals surface area contributed by atoms with Gasteiger partial charge in [-0.05, 0) is 24.6 Å². The first-order valence-corrected chi connectivity index (χ1v) is 10.4. The van der Waals surface area contributed by atoms with Crippen LogP contribution in [0.5, 0.6) is 0 Å². The van der Waals surface area contributed by atoms with Crippen LogP contribution in [0.4, 0.5) is 22.0 Å². The first-order chi connectivity index (χ1) is 16.4. The molecule has 0 radical (unpaired) electrons. The minimum absolute atomic E-state index is 0.0120. The second kappa shape index (κ2) is 8.87. The van der Waals surface area contributed by atoms with E-state index in [0.29, 0.717) is 12.3 Å². The van der Waals surface area contributed by atoms with Crippen molar-refractivity contribution in [2.75, 3.05) is 0 Å². The Hall–Kier alpha value is -3.61. The number of carbonyl (C=O) groups is 4. The van der Waals surface area contributed by atoms with Crippen molar-refractivity contribution in [1.29, 1.82) is 0 Å². The average molecular weight is 517 g/mol. The lowest BCUT2D eigenvalue weighted by molar-refractivity contribution is -0.156. The molecule has 2 aromatic rings. The summed E-state index contributed by atoms with van der Waals surface area (Å²) in [6.45, 7) is -0.429. The van der Waals surface area contributed by atoms with Gasteiger partial charge in [-0.15, -0.1) is 0 Å². The number of amides is 4. The Balaban J connectivity index is 1.61. The summed E-state index contributed by atoms with van der Waals surface area (Å²) < 4.78 is 69.4. The van der Waals surface area contributed by atoms with Gasteiger partial charge < -0.3 is 10.2 Å². The number of rotatable bonds is 4. The second-order valence-electron chi connectivity index (χ2n) is 7.82. The maximum absolute atomic E-state index is 15.2. The zero-order valence-electron chi connectivity index (χ0n) is 17.4. The normalized spacial score (nSPS) is 18.9. The number of aromatic nitrogens is 1. The van der Waals surface area contributed by atoms with Gasteiger partial charge in [-0.2, -0.15) is 13.2 Å². The molecule has 35 heavy (non-hydrogen) atoms. The molecule has 14 heteroatoms. The van der Waals surface area contributed by atoms with E-state index in [1.165, 1.54) is 0 Å². The Morgan fingerprint density at radius 3 is 2.57 bits per heavy atom. The second-order valence-corrected chi connectivity index (χ2v) is 8.23. The zero-order valence-corrected chi connectivity index (χ0v) is 18.1. The minimum atomic E-state index is -5.12. The summed E-state index contributed by atoms with van der Waals surface area (Å²) in [6, 6.07) is -1.35. The van der Waals surface area contributed by atoms with Crippen LogP contribution in [0.3, 0.4) is 0 Å². The summed E-state index contributed by atoms with van der Waals surface area (Å²) in [4.78, 5) is 53.1. The summed E-state index contributed by atoms with van der Waals surface area (Å²) in [5, 5.41) is 2.99. The van der Waals surface area contributed by atoms with Crippen molar-refractivity contribution in [3.63, 3.8) is 0 Å². The van der Waals surface area contributed by atoms with Crippen LogP contribution >= 0.6 is 11.6 Å². The summed E-state index contributed by atoms with van der Waals surface area (Å²) in [5.41, 5.74) is -2.14. The Labute approximate surface area is 198 Å². The van der Waals surface area contributed by atoms with Gasteiger partial charge in [0, 0.05) is 17.5 Å². The SMILES string of the molecule is O=C1CCC(N2Cc3c(ccc(C(=O)NC(c4ncc(F)cc4Cl)C(F)(F)F)c3F)C2=O)C(=O)N1. The van der Waals surface area contributed by atoms with E-state index in [-0.39, 0.29) is 24.0 Å². The number of hydrogen-bond donors (Lipinski definition) is 2. The highest BCUT2D eigenvalue weighted by atomic mass is 35.5. The molecule has 0 saturated carbocycles. The molecule has 1 aromatic carbocycles. The molecule has 4 rings (SSSR count). The molecule has 3 heterocycles. The quantitative estimate of drug-likeness (QED) is 0.480. The lowest BCUT2D eigenvalue weighted by Crippen LogP contribution is -2.52. The minimum Gasteiger partial charge on any atom is -0.335 e. The lowest BCUT2D eigenvalue weighted by Gasteiger charge is -2.29. The monoisotopic (exact) mass is 516 g/mol. The first kappa shape index (κ1) is 24.5. The number of carbonyl (C=O) groups excluding carboxylic acids is 4. The Morgan fingerprint density at radius 2 is 1.94 bits per heavy atom. The van der Waals surface area contributed by atoms with Gasteiger partial charge in [0.15, 0.2) is 6.04 Å². The number of nitrogens with zero attached hydrogens (tertiary/aromatic N) is 2. The number of fused-ring (bicyclic) bond motifs is 1. The van der Waals surface area contributed by atoms with Gasteiger partial charge in [-0.3, -0.25) is 29.5 Å². The highest BCUT2D eigenvalue weighted by molar-refractivity contribution is 6.31. The number of halogens is 6. The van der Waals surface area contributed by atoms with Gasteiger partial charge in [0.2, 0.25) is 11.8 Å². The molecule has 8 nitrogen and oxygen atoms in total. The molecule has 1 aromatic heterocycles. The fourth-order valence-electron chi connectivity index (χ4n) is 3.93. The molecular formula is C21H14ClF5N4O4. The van der Waals surface area contributed by atoms with E-state index in [1.807, 2.05) is 0 Å².